The zero-order valence-electron chi connectivity index (χ0n) is 13.7. The first-order chi connectivity index (χ1) is 12.5. The number of nitriles is 1. The molecule has 0 saturated heterocycles. The average molecular weight is 373 g/mol. The number of anilines is 1. The van der Waals surface area contributed by atoms with Crippen LogP contribution in [0.15, 0.2) is 24.3 Å². The first-order valence-corrected chi connectivity index (χ1v) is 9.00. The van der Waals surface area contributed by atoms with E-state index in [4.69, 9.17) is 5.11 Å². The van der Waals surface area contributed by atoms with Crippen molar-refractivity contribution in [2.24, 2.45) is 11.8 Å². The Bertz CT molecular complexity index is 873. The number of aliphatic carboxylic acids is 1. The van der Waals surface area contributed by atoms with Crippen molar-refractivity contribution >= 4 is 28.3 Å². The summed E-state index contributed by atoms with van der Waals surface area (Å²) in [6.07, 6.45) is 2.22. The number of nitrogens with one attached hydrogen (secondary N) is 1. The van der Waals surface area contributed by atoms with E-state index in [-0.39, 0.29) is 22.8 Å². The smallest absolute Gasteiger partial charge is 0.306 e. The highest BCUT2D eigenvalue weighted by atomic mass is 32.1. The first kappa shape index (κ1) is 18.0. The van der Waals surface area contributed by atoms with E-state index in [2.05, 4.69) is 10.3 Å². The van der Waals surface area contributed by atoms with Crippen LogP contribution in [-0.2, 0) is 9.59 Å². The number of hydrogen-bond acceptors (Lipinski definition) is 5. The fourth-order valence-corrected chi connectivity index (χ4v) is 3.90. The number of amides is 1. The van der Waals surface area contributed by atoms with Gasteiger partial charge in [0.15, 0.2) is 5.13 Å². The predicted molar refractivity (Wildman–Crippen MR) is 93.9 cm³/mol. The molecule has 1 aromatic heterocycles. The Morgan fingerprint density at radius 2 is 1.96 bits per heavy atom. The number of rotatable bonds is 4. The largest absolute Gasteiger partial charge is 0.481 e. The third kappa shape index (κ3) is 3.89. The van der Waals surface area contributed by atoms with Crippen molar-refractivity contribution in [3.05, 3.63) is 35.0 Å². The normalized spacial score (nSPS) is 19.5. The molecule has 1 aromatic carbocycles. The summed E-state index contributed by atoms with van der Waals surface area (Å²) in [5.41, 5.74) is 0.975. The minimum absolute atomic E-state index is 0.278. The summed E-state index contributed by atoms with van der Waals surface area (Å²) in [5, 5.41) is 21.4. The molecule has 0 aliphatic heterocycles. The molecule has 6 nitrogen and oxygen atoms in total. The second-order valence-corrected chi connectivity index (χ2v) is 7.20. The summed E-state index contributed by atoms with van der Waals surface area (Å²) >= 11 is 1.04. The monoisotopic (exact) mass is 373 g/mol. The molecule has 3 rings (SSSR count). The second kappa shape index (κ2) is 7.62. The number of carboxylic acids is 1. The van der Waals surface area contributed by atoms with Crippen molar-refractivity contribution < 1.29 is 19.1 Å². The van der Waals surface area contributed by atoms with Crippen molar-refractivity contribution in [1.82, 2.24) is 4.98 Å². The van der Waals surface area contributed by atoms with Crippen molar-refractivity contribution in [3.63, 3.8) is 0 Å². The van der Waals surface area contributed by atoms with E-state index >= 15 is 0 Å². The lowest BCUT2D eigenvalue weighted by atomic mass is 9.81. The highest BCUT2D eigenvalue weighted by molar-refractivity contribution is 7.16. The Hall–Kier alpha value is -2.79. The van der Waals surface area contributed by atoms with E-state index in [1.54, 1.807) is 0 Å². The number of aromatic nitrogens is 1. The summed E-state index contributed by atoms with van der Waals surface area (Å²) in [6, 6.07) is 7.64. The summed E-state index contributed by atoms with van der Waals surface area (Å²) in [4.78, 5) is 28.2. The molecule has 2 aromatic rings. The van der Waals surface area contributed by atoms with Gasteiger partial charge in [-0.25, -0.2) is 9.37 Å². The van der Waals surface area contributed by atoms with Gasteiger partial charge in [-0.05, 0) is 43.5 Å². The summed E-state index contributed by atoms with van der Waals surface area (Å²) in [6.45, 7) is 0. The molecule has 0 unspecified atom stereocenters. The van der Waals surface area contributed by atoms with Gasteiger partial charge < -0.3 is 10.4 Å². The van der Waals surface area contributed by atoms with Crippen LogP contribution in [0, 0.1) is 29.0 Å². The molecule has 26 heavy (non-hydrogen) atoms. The number of benzene rings is 1. The fourth-order valence-electron chi connectivity index (χ4n) is 3.11. The summed E-state index contributed by atoms with van der Waals surface area (Å²) in [7, 11) is 0. The van der Waals surface area contributed by atoms with Gasteiger partial charge in [0, 0.05) is 11.5 Å². The molecule has 0 spiro atoms. The predicted octanol–water partition coefficient (Wildman–Crippen LogP) is 3.65. The minimum Gasteiger partial charge on any atom is -0.481 e. The highest BCUT2D eigenvalue weighted by Crippen LogP contribution is 2.33. The lowest BCUT2D eigenvalue weighted by molar-refractivity contribution is -0.143. The number of halogens is 1. The number of hydrogen-bond donors (Lipinski definition) is 2. The maximum atomic E-state index is 13.1. The topological polar surface area (TPSA) is 103 Å². The average Bonchev–Trinajstić information content (AvgIpc) is 3.05. The molecular formula is C18H16FN3O3S. The zero-order valence-corrected chi connectivity index (χ0v) is 14.6. The van der Waals surface area contributed by atoms with E-state index in [1.165, 1.54) is 24.3 Å². The maximum absolute atomic E-state index is 13.1. The van der Waals surface area contributed by atoms with Crippen LogP contribution in [0.25, 0.3) is 11.3 Å². The van der Waals surface area contributed by atoms with Crippen molar-refractivity contribution in [3.8, 4) is 17.3 Å². The fraction of sp³-hybridized carbons (Fsp3) is 0.333. The SMILES string of the molecule is N#Cc1sc(NC(=O)[C@H]2CCC[C@@H](C(=O)O)C2)nc1-c1ccc(F)cc1. The van der Waals surface area contributed by atoms with Gasteiger partial charge in [-0.3, -0.25) is 9.59 Å². The molecule has 0 radical (unpaired) electrons. The van der Waals surface area contributed by atoms with Crippen LogP contribution >= 0.6 is 11.3 Å². The van der Waals surface area contributed by atoms with Crippen molar-refractivity contribution in [2.45, 2.75) is 25.7 Å². The van der Waals surface area contributed by atoms with Crippen LogP contribution in [0.4, 0.5) is 9.52 Å². The standard InChI is InChI=1S/C18H16FN3O3S/c19-13-6-4-10(5-7-13)15-14(9-20)26-18(21-15)22-16(23)11-2-1-3-12(8-11)17(24)25/h4-7,11-12H,1-3,8H2,(H,24,25)(H,21,22,23)/t11-,12+/m0/s1. The van der Waals surface area contributed by atoms with Gasteiger partial charge in [-0.2, -0.15) is 5.26 Å². The van der Waals surface area contributed by atoms with E-state index in [0.717, 1.165) is 11.3 Å². The van der Waals surface area contributed by atoms with E-state index < -0.39 is 11.9 Å². The Balaban J connectivity index is 1.76. The van der Waals surface area contributed by atoms with Gasteiger partial charge in [0.05, 0.1) is 5.92 Å². The van der Waals surface area contributed by atoms with E-state index in [0.29, 0.717) is 41.8 Å². The maximum Gasteiger partial charge on any atom is 0.306 e. The quantitative estimate of drug-likeness (QED) is 0.851. The third-order valence-electron chi connectivity index (χ3n) is 4.47. The van der Waals surface area contributed by atoms with Crippen LogP contribution in [-0.4, -0.2) is 22.0 Å². The Morgan fingerprint density at radius 1 is 1.27 bits per heavy atom. The summed E-state index contributed by atoms with van der Waals surface area (Å²) < 4.78 is 13.1. The minimum atomic E-state index is -0.873. The van der Waals surface area contributed by atoms with Gasteiger partial charge in [0.25, 0.3) is 0 Å². The zero-order chi connectivity index (χ0) is 18.7. The van der Waals surface area contributed by atoms with E-state index in [1.807, 2.05) is 6.07 Å². The van der Waals surface area contributed by atoms with Crippen LogP contribution in [0.1, 0.15) is 30.6 Å². The highest BCUT2D eigenvalue weighted by Gasteiger charge is 2.31. The van der Waals surface area contributed by atoms with Gasteiger partial charge >= 0.3 is 5.97 Å². The molecule has 1 saturated carbocycles. The van der Waals surface area contributed by atoms with Gasteiger partial charge in [0.1, 0.15) is 22.5 Å². The van der Waals surface area contributed by atoms with Crippen molar-refractivity contribution in [1.29, 1.82) is 5.26 Å². The second-order valence-electron chi connectivity index (χ2n) is 6.20. The third-order valence-corrected chi connectivity index (χ3v) is 5.35. The van der Waals surface area contributed by atoms with Crippen LogP contribution in [0.3, 0.4) is 0 Å². The Kier molecular flexibility index (Phi) is 5.28. The Labute approximate surface area is 153 Å². The van der Waals surface area contributed by atoms with Gasteiger partial charge in [0.2, 0.25) is 5.91 Å². The molecule has 0 bridgehead atoms. The van der Waals surface area contributed by atoms with Gasteiger partial charge in [-0.1, -0.05) is 17.8 Å². The van der Waals surface area contributed by atoms with Crippen LogP contribution < -0.4 is 5.32 Å². The lowest BCUT2D eigenvalue weighted by Gasteiger charge is -2.25. The molecular weight excluding hydrogens is 357 g/mol. The Morgan fingerprint density at radius 3 is 2.62 bits per heavy atom. The molecule has 1 heterocycles. The number of carboxylic acid groups (broad SMARTS) is 1. The summed E-state index contributed by atoms with van der Waals surface area (Å²) in [5.74, 6) is -2.42. The first-order valence-electron chi connectivity index (χ1n) is 8.18. The molecule has 8 heteroatoms. The molecule has 2 atom stereocenters. The lowest BCUT2D eigenvalue weighted by Crippen LogP contribution is -2.30. The molecule has 1 aliphatic carbocycles. The molecule has 1 aliphatic rings. The van der Waals surface area contributed by atoms with E-state index in [9.17, 15) is 19.2 Å². The number of thiazole rings is 1. The number of carbonyl (C=O) groups is 2. The number of nitrogens with zero attached hydrogens (tertiary/aromatic N) is 2. The molecule has 134 valence electrons. The van der Waals surface area contributed by atoms with Crippen LogP contribution in [0.5, 0.6) is 0 Å². The molecule has 2 N–H and O–H groups in total. The van der Waals surface area contributed by atoms with Crippen LogP contribution in [0.2, 0.25) is 0 Å². The van der Waals surface area contributed by atoms with Gasteiger partial charge in [-0.15, -0.1) is 0 Å². The molecule has 1 fully saturated rings. The number of carbonyl (C=O) groups excluding carboxylic acids is 1. The van der Waals surface area contributed by atoms with Crippen molar-refractivity contribution in [2.75, 3.05) is 5.32 Å². The molecule has 1 amide bonds.